The Morgan fingerprint density at radius 2 is 2.20 bits per heavy atom. The van der Waals surface area contributed by atoms with E-state index in [4.69, 9.17) is 0 Å². The van der Waals surface area contributed by atoms with Gasteiger partial charge in [-0.2, -0.15) is 0 Å². The number of piperidine rings is 1. The molecule has 3 aliphatic rings. The fraction of sp³-hybridized carbons (Fsp3) is 0.875. The molecule has 0 spiro atoms. The third kappa shape index (κ3) is 0.966. The van der Waals surface area contributed by atoms with Gasteiger partial charge in [0.2, 0.25) is 0 Å². The topological polar surface area (TPSA) is 20.3 Å². The molecule has 3 fully saturated rings. The van der Waals surface area contributed by atoms with Crippen LogP contribution in [0, 0.1) is 5.92 Å². The lowest BCUT2D eigenvalue weighted by molar-refractivity contribution is -0.125. The zero-order valence-electron chi connectivity index (χ0n) is 6.18. The number of ketones is 1. The van der Waals surface area contributed by atoms with E-state index >= 15 is 0 Å². The van der Waals surface area contributed by atoms with Gasteiger partial charge in [0, 0.05) is 5.92 Å². The first-order valence-electron chi connectivity index (χ1n) is 4.11. The summed E-state index contributed by atoms with van der Waals surface area (Å²) in [5.41, 5.74) is 0. The number of rotatable bonds is 0. The summed E-state index contributed by atoms with van der Waals surface area (Å²) in [4.78, 5) is 13.5. The molecule has 2 bridgehead atoms. The van der Waals surface area contributed by atoms with Gasteiger partial charge in [-0.25, -0.2) is 0 Å². The molecular weight excluding hydrogens is 126 g/mol. The molecule has 3 saturated heterocycles. The SMILES string of the molecule is O=C1CN2CCCC1CC2. The van der Waals surface area contributed by atoms with E-state index in [0.717, 1.165) is 32.5 Å². The van der Waals surface area contributed by atoms with Crippen molar-refractivity contribution in [2.24, 2.45) is 5.92 Å². The smallest absolute Gasteiger partial charge is 0.149 e. The standard InChI is InChI=1S/C8H13NO/c10-8-6-9-4-1-2-7(8)3-5-9/h7H,1-6H2. The Morgan fingerprint density at radius 1 is 1.30 bits per heavy atom. The lowest BCUT2D eigenvalue weighted by Gasteiger charge is -2.24. The van der Waals surface area contributed by atoms with Gasteiger partial charge in [0.15, 0.2) is 0 Å². The Hall–Kier alpha value is -0.370. The number of hydrogen-bond acceptors (Lipinski definition) is 2. The summed E-state index contributed by atoms with van der Waals surface area (Å²) in [6.45, 7) is 3.06. The van der Waals surface area contributed by atoms with Crippen LogP contribution in [-0.4, -0.2) is 30.3 Å². The van der Waals surface area contributed by atoms with Gasteiger partial charge in [-0.05, 0) is 32.4 Å². The lowest BCUT2D eigenvalue weighted by atomic mass is 9.94. The molecule has 0 amide bonds. The van der Waals surface area contributed by atoms with Gasteiger partial charge in [-0.3, -0.25) is 9.69 Å². The van der Waals surface area contributed by atoms with Crippen molar-refractivity contribution >= 4 is 5.78 Å². The van der Waals surface area contributed by atoms with E-state index in [1.54, 1.807) is 0 Å². The average Bonchev–Trinajstić information content (AvgIpc) is 2.20. The van der Waals surface area contributed by atoms with Gasteiger partial charge in [0.05, 0.1) is 6.54 Å². The van der Waals surface area contributed by atoms with Crippen molar-refractivity contribution in [2.75, 3.05) is 19.6 Å². The van der Waals surface area contributed by atoms with Gasteiger partial charge in [-0.1, -0.05) is 0 Å². The average molecular weight is 139 g/mol. The zero-order valence-corrected chi connectivity index (χ0v) is 6.18. The van der Waals surface area contributed by atoms with Crippen LogP contribution in [0.25, 0.3) is 0 Å². The zero-order chi connectivity index (χ0) is 6.97. The maximum atomic E-state index is 11.2. The van der Waals surface area contributed by atoms with Gasteiger partial charge in [-0.15, -0.1) is 0 Å². The van der Waals surface area contributed by atoms with E-state index in [1.165, 1.54) is 6.42 Å². The van der Waals surface area contributed by atoms with Crippen LogP contribution in [0.1, 0.15) is 19.3 Å². The van der Waals surface area contributed by atoms with Gasteiger partial charge < -0.3 is 0 Å². The van der Waals surface area contributed by atoms with E-state index < -0.39 is 0 Å². The van der Waals surface area contributed by atoms with Crippen molar-refractivity contribution in [3.8, 4) is 0 Å². The Labute approximate surface area is 61.2 Å². The fourth-order valence-corrected chi connectivity index (χ4v) is 1.99. The minimum atomic E-state index is 0.429. The normalized spacial score (nSPS) is 39.8. The van der Waals surface area contributed by atoms with E-state index in [2.05, 4.69) is 4.90 Å². The summed E-state index contributed by atoms with van der Waals surface area (Å²) >= 11 is 0. The minimum absolute atomic E-state index is 0.429. The number of nitrogens with zero attached hydrogens (tertiary/aromatic N) is 1. The van der Waals surface area contributed by atoms with Crippen LogP contribution in [-0.2, 0) is 4.79 Å². The Morgan fingerprint density at radius 3 is 3.00 bits per heavy atom. The van der Waals surface area contributed by atoms with E-state index in [1.807, 2.05) is 0 Å². The molecule has 3 rings (SSSR count). The van der Waals surface area contributed by atoms with E-state index in [-0.39, 0.29) is 0 Å². The quantitative estimate of drug-likeness (QED) is 0.491. The number of carbonyl (C=O) groups is 1. The molecule has 2 atom stereocenters. The highest BCUT2D eigenvalue weighted by Gasteiger charge is 2.29. The summed E-state index contributed by atoms with van der Waals surface area (Å²) in [7, 11) is 0. The Balaban J connectivity index is 2.15. The molecule has 0 aliphatic carbocycles. The van der Waals surface area contributed by atoms with Crippen LogP contribution >= 0.6 is 0 Å². The molecular formula is C8H13NO. The summed E-state index contributed by atoms with van der Waals surface area (Å²) in [6.07, 6.45) is 3.50. The number of carbonyl (C=O) groups excluding carboxylic acids is 1. The van der Waals surface area contributed by atoms with Crippen molar-refractivity contribution in [3.05, 3.63) is 0 Å². The summed E-state index contributed by atoms with van der Waals surface area (Å²) < 4.78 is 0. The summed E-state index contributed by atoms with van der Waals surface area (Å²) in [5, 5.41) is 0. The predicted molar refractivity (Wildman–Crippen MR) is 38.8 cm³/mol. The second-order valence-electron chi connectivity index (χ2n) is 3.37. The summed E-state index contributed by atoms with van der Waals surface area (Å²) in [5.74, 6) is 0.919. The van der Waals surface area contributed by atoms with Crippen LogP contribution < -0.4 is 0 Å². The highest BCUT2D eigenvalue weighted by Crippen LogP contribution is 2.23. The lowest BCUT2D eigenvalue weighted by Crippen LogP contribution is -2.37. The second-order valence-corrected chi connectivity index (χ2v) is 3.37. The molecule has 2 unspecified atom stereocenters. The maximum absolute atomic E-state index is 11.2. The monoisotopic (exact) mass is 139 g/mol. The van der Waals surface area contributed by atoms with Crippen LogP contribution in [0.3, 0.4) is 0 Å². The van der Waals surface area contributed by atoms with Crippen LogP contribution in [0.5, 0.6) is 0 Å². The molecule has 3 aliphatic heterocycles. The highest BCUT2D eigenvalue weighted by molar-refractivity contribution is 5.83. The molecule has 0 aromatic carbocycles. The van der Waals surface area contributed by atoms with Crippen LogP contribution in [0.2, 0.25) is 0 Å². The number of Topliss-reactive ketones (excluding diaryl/α,β-unsaturated/α-hetero) is 1. The van der Waals surface area contributed by atoms with Crippen molar-refractivity contribution < 1.29 is 4.79 Å². The largest absolute Gasteiger partial charge is 0.298 e. The molecule has 2 nitrogen and oxygen atoms in total. The second kappa shape index (κ2) is 2.35. The van der Waals surface area contributed by atoms with E-state index in [9.17, 15) is 4.79 Å². The van der Waals surface area contributed by atoms with Crippen molar-refractivity contribution in [2.45, 2.75) is 19.3 Å². The molecule has 0 N–H and O–H groups in total. The predicted octanol–water partition coefficient (Wildman–Crippen LogP) is 0.671. The minimum Gasteiger partial charge on any atom is -0.298 e. The molecule has 0 radical (unpaired) electrons. The molecule has 0 aromatic heterocycles. The first kappa shape index (κ1) is 6.35. The van der Waals surface area contributed by atoms with Gasteiger partial charge in [0.1, 0.15) is 5.78 Å². The molecule has 2 heteroatoms. The maximum Gasteiger partial charge on any atom is 0.149 e. The Kier molecular flexibility index (Phi) is 1.49. The molecule has 0 aromatic rings. The van der Waals surface area contributed by atoms with E-state index in [0.29, 0.717) is 11.7 Å². The highest BCUT2D eigenvalue weighted by atomic mass is 16.1. The fourth-order valence-electron chi connectivity index (χ4n) is 1.99. The molecule has 3 heterocycles. The first-order chi connectivity index (χ1) is 4.86. The first-order valence-corrected chi connectivity index (χ1v) is 4.11. The van der Waals surface area contributed by atoms with Gasteiger partial charge in [0.25, 0.3) is 0 Å². The van der Waals surface area contributed by atoms with Gasteiger partial charge >= 0.3 is 0 Å². The number of fused-ring (bicyclic) bond motifs is 4. The molecule has 0 saturated carbocycles. The van der Waals surface area contributed by atoms with Crippen molar-refractivity contribution in [1.29, 1.82) is 0 Å². The van der Waals surface area contributed by atoms with Crippen LogP contribution in [0.4, 0.5) is 0 Å². The van der Waals surface area contributed by atoms with Crippen molar-refractivity contribution in [3.63, 3.8) is 0 Å². The third-order valence-electron chi connectivity index (χ3n) is 2.66. The molecule has 56 valence electrons. The van der Waals surface area contributed by atoms with Crippen molar-refractivity contribution in [1.82, 2.24) is 4.90 Å². The van der Waals surface area contributed by atoms with Crippen LogP contribution in [0.15, 0.2) is 0 Å². The Bertz CT molecular complexity index is 151. The molecule has 10 heavy (non-hydrogen) atoms. The third-order valence-corrected chi connectivity index (χ3v) is 2.66. The summed E-state index contributed by atoms with van der Waals surface area (Å²) in [6, 6.07) is 0. The number of hydrogen-bond donors (Lipinski definition) is 0.